The predicted molar refractivity (Wildman–Crippen MR) is 179 cm³/mol. The molecule has 1 aliphatic rings. The van der Waals surface area contributed by atoms with E-state index in [1.54, 1.807) is 0 Å². The molecule has 2 nitrogen and oxygen atoms in total. The van der Waals surface area contributed by atoms with Crippen LogP contribution in [-0.2, 0) is 15.6 Å². The minimum atomic E-state index is -0.582. The van der Waals surface area contributed by atoms with Crippen molar-refractivity contribution in [2.24, 2.45) is 0 Å². The molecule has 0 saturated heterocycles. The van der Waals surface area contributed by atoms with Crippen LogP contribution in [0, 0.1) is 6.92 Å². The molecule has 0 aliphatic carbocycles. The number of fused-ring (bicyclic) bond motifs is 1. The van der Waals surface area contributed by atoms with Crippen LogP contribution in [0.4, 0.5) is 5.69 Å². The fraction of sp³-hybridized carbons (Fsp3) is 0.244. The normalized spacial score (nSPS) is 17.7. The van der Waals surface area contributed by atoms with E-state index in [1.165, 1.54) is 33.4 Å². The van der Waals surface area contributed by atoms with Crippen LogP contribution in [-0.4, -0.2) is 11.4 Å². The summed E-state index contributed by atoms with van der Waals surface area (Å²) >= 11 is 0. The fourth-order valence-electron chi connectivity index (χ4n) is 7.66. The van der Waals surface area contributed by atoms with Crippen molar-refractivity contribution in [1.29, 1.82) is 0 Å². The molecule has 43 heavy (non-hydrogen) atoms. The Labute approximate surface area is 257 Å². The van der Waals surface area contributed by atoms with Gasteiger partial charge in [0.05, 0.1) is 5.41 Å². The highest BCUT2D eigenvalue weighted by molar-refractivity contribution is 5.97. The molecule has 6 rings (SSSR count). The van der Waals surface area contributed by atoms with E-state index in [2.05, 4.69) is 166 Å². The number of hydrogen-bond acceptors (Lipinski definition) is 1. The van der Waals surface area contributed by atoms with Crippen molar-refractivity contribution in [3.8, 4) is 0 Å². The third-order valence-electron chi connectivity index (χ3n) is 9.52. The first kappa shape index (κ1) is 28.7. The van der Waals surface area contributed by atoms with Gasteiger partial charge in [-0.15, -0.1) is 0 Å². The highest BCUT2D eigenvalue weighted by Crippen LogP contribution is 2.53. The third kappa shape index (κ3) is 4.70. The molecule has 1 aliphatic heterocycles. The summed E-state index contributed by atoms with van der Waals surface area (Å²) in [6.45, 7) is 10.9. The van der Waals surface area contributed by atoms with Gasteiger partial charge in [-0.1, -0.05) is 147 Å². The Morgan fingerprint density at radius 2 is 1.16 bits per heavy atom. The number of rotatable bonds is 6. The van der Waals surface area contributed by atoms with Gasteiger partial charge >= 0.3 is 0 Å². The topological polar surface area (TPSA) is 20.3 Å². The van der Waals surface area contributed by atoms with E-state index < -0.39 is 5.41 Å². The lowest BCUT2D eigenvalue weighted by Gasteiger charge is -2.52. The van der Waals surface area contributed by atoms with Crippen molar-refractivity contribution in [3.05, 3.63) is 172 Å². The van der Waals surface area contributed by atoms with Gasteiger partial charge in [0.25, 0.3) is 0 Å². The zero-order chi connectivity index (χ0) is 30.2. The monoisotopic (exact) mass is 563 g/mol. The number of benzene rings is 5. The van der Waals surface area contributed by atoms with Crippen molar-refractivity contribution < 1.29 is 4.79 Å². The SMILES string of the molecule is CCC(=O)N1c2cc(C(c3ccccc3)(c3ccccc3)c3ccccc3)ccc2C(C)(c2ccc(C)cc2)CC1(C)C. The number of carbonyl (C=O) groups is 1. The standard InChI is InChI=1S/C41H41NO/c1-6-38(43)42-37-28-35(26-27-36(37)40(5,29-39(42,3)4)31-24-22-30(2)23-25-31)41(32-16-10-7-11-17-32,33-18-12-8-13-19-33)34-20-14-9-15-21-34/h7-28H,6,29H2,1-5H3. The van der Waals surface area contributed by atoms with Crippen LogP contribution in [0.2, 0.25) is 0 Å². The third-order valence-corrected chi connectivity index (χ3v) is 9.52. The van der Waals surface area contributed by atoms with Crippen LogP contribution in [0.5, 0.6) is 0 Å². The summed E-state index contributed by atoms with van der Waals surface area (Å²) in [7, 11) is 0. The van der Waals surface area contributed by atoms with Crippen molar-refractivity contribution in [2.75, 3.05) is 4.90 Å². The number of anilines is 1. The summed E-state index contributed by atoms with van der Waals surface area (Å²) in [4.78, 5) is 15.9. The highest BCUT2D eigenvalue weighted by atomic mass is 16.2. The maximum absolute atomic E-state index is 13.8. The Kier molecular flexibility index (Phi) is 7.34. The first-order valence-electron chi connectivity index (χ1n) is 15.4. The van der Waals surface area contributed by atoms with E-state index in [1.807, 2.05) is 6.92 Å². The van der Waals surface area contributed by atoms with E-state index in [9.17, 15) is 4.79 Å². The van der Waals surface area contributed by atoms with Gasteiger partial charge in [0.15, 0.2) is 0 Å². The lowest BCUT2D eigenvalue weighted by Crippen LogP contribution is -2.55. The van der Waals surface area contributed by atoms with Crippen molar-refractivity contribution in [2.45, 2.75) is 63.8 Å². The van der Waals surface area contributed by atoms with Gasteiger partial charge in [0.1, 0.15) is 0 Å². The van der Waals surface area contributed by atoms with Crippen LogP contribution in [0.3, 0.4) is 0 Å². The van der Waals surface area contributed by atoms with E-state index in [4.69, 9.17) is 0 Å². The van der Waals surface area contributed by atoms with Gasteiger partial charge in [-0.2, -0.15) is 0 Å². The summed E-state index contributed by atoms with van der Waals surface area (Å²) < 4.78 is 0. The Balaban J connectivity index is 1.71. The van der Waals surface area contributed by atoms with Crippen LogP contribution in [0.15, 0.2) is 133 Å². The second kappa shape index (κ2) is 11.0. The number of nitrogens with zero attached hydrogens (tertiary/aromatic N) is 1. The molecule has 1 heterocycles. The Hall–Kier alpha value is -4.43. The van der Waals surface area contributed by atoms with Gasteiger partial charge in [-0.05, 0) is 66.6 Å². The lowest BCUT2D eigenvalue weighted by atomic mass is 9.62. The van der Waals surface area contributed by atoms with E-state index in [0.717, 1.165) is 17.7 Å². The number of carbonyl (C=O) groups excluding carboxylic acids is 1. The van der Waals surface area contributed by atoms with Gasteiger partial charge in [-0.3, -0.25) is 4.79 Å². The molecule has 0 saturated carbocycles. The zero-order valence-corrected chi connectivity index (χ0v) is 26.0. The minimum Gasteiger partial charge on any atom is -0.307 e. The van der Waals surface area contributed by atoms with Crippen molar-refractivity contribution in [3.63, 3.8) is 0 Å². The molecule has 0 spiro atoms. The van der Waals surface area contributed by atoms with E-state index in [0.29, 0.717) is 6.42 Å². The smallest absolute Gasteiger partial charge is 0.227 e. The molecule has 0 N–H and O–H groups in total. The second-order valence-corrected chi connectivity index (χ2v) is 12.9. The molecule has 0 radical (unpaired) electrons. The van der Waals surface area contributed by atoms with Gasteiger partial charge in [-0.25, -0.2) is 0 Å². The maximum Gasteiger partial charge on any atom is 0.227 e. The van der Waals surface area contributed by atoms with Crippen LogP contribution in [0.25, 0.3) is 0 Å². The van der Waals surface area contributed by atoms with E-state index in [-0.39, 0.29) is 16.9 Å². The Morgan fingerprint density at radius 1 is 0.674 bits per heavy atom. The Morgan fingerprint density at radius 3 is 1.63 bits per heavy atom. The average Bonchev–Trinajstić information content (AvgIpc) is 3.02. The minimum absolute atomic E-state index is 0.152. The molecule has 216 valence electrons. The van der Waals surface area contributed by atoms with Crippen molar-refractivity contribution in [1.82, 2.24) is 0 Å². The quantitative estimate of drug-likeness (QED) is 0.188. The second-order valence-electron chi connectivity index (χ2n) is 12.9. The number of amides is 1. The summed E-state index contributed by atoms with van der Waals surface area (Å²) in [5.74, 6) is 0.152. The molecule has 0 fully saturated rings. The van der Waals surface area contributed by atoms with Gasteiger partial charge < -0.3 is 4.90 Å². The Bertz CT molecular complexity index is 1630. The fourth-order valence-corrected chi connectivity index (χ4v) is 7.66. The predicted octanol–water partition coefficient (Wildman–Crippen LogP) is 9.61. The molecule has 0 aromatic heterocycles. The summed E-state index contributed by atoms with van der Waals surface area (Å²) in [5.41, 5.74) is 8.24. The van der Waals surface area contributed by atoms with Gasteiger partial charge in [0.2, 0.25) is 5.91 Å². The molecule has 1 unspecified atom stereocenters. The first-order chi connectivity index (χ1) is 20.7. The molecule has 0 bridgehead atoms. The van der Waals surface area contributed by atoms with Crippen molar-refractivity contribution >= 4 is 11.6 Å². The summed E-state index contributed by atoms with van der Waals surface area (Å²) in [5, 5.41) is 0. The van der Waals surface area contributed by atoms with Crippen LogP contribution in [0.1, 0.15) is 79.5 Å². The lowest BCUT2D eigenvalue weighted by molar-refractivity contribution is -0.119. The molecular weight excluding hydrogens is 522 g/mol. The van der Waals surface area contributed by atoms with Crippen LogP contribution >= 0.6 is 0 Å². The summed E-state index contributed by atoms with van der Waals surface area (Å²) in [6.07, 6.45) is 1.29. The maximum atomic E-state index is 13.8. The molecule has 2 heteroatoms. The highest BCUT2D eigenvalue weighted by Gasteiger charge is 2.48. The average molecular weight is 564 g/mol. The number of hydrogen-bond donors (Lipinski definition) is 0. The zero-order valence-electron chi connectivity index (χ0n) is 26.0. The van der Waals surface area contributed by atoms with Gasteiger partial charge in [0, 0.05) is 23.1 Å². The summed E-state index contributed by atoms with van der Waals surface area (Å²) in [6, 6.07) is 48.2. The largest absolute Gasteiger partial charge is 0.307 e. The van der Waals surface area contributed by atoms with E-state index >= 15 is 0 Å². The van der Waals surface area contributed by atoms with Crippen LogP contribution < -0.4 is 4.90 Å². The number of aryl methyl sites for hydroxylation is 1. The molecular formula is C41H41NO. The molecule has 5 aromatic rings. The molecule has 5 aromatic carbocycles. The molecule has 1 atom stereocenters. The first-order valence-corrected chi connectivity index (χ1v) is 15.4. The molecule has 1 amide bonds.